The molecular weight excluding hydrogens is 188 g/mol. The monoisotopic (exact) mass is 196 g/mol. The van der Waals surface area contributed by atoms with Crippen LogP contribution in [0.15, 0.2) is 18.5 Å². The van der Waals surface area contributed by atoms with E-state index in [1.54, 1.807) is 12.4 Å². The molecule has 0 radical (unpaired) electrons. The Morgan fingerprint density at radius 1 is 1.54 bits per heavy atom. The first-order chi connectivity index (χ1) is 6.20. The SMILES string of the molecule is Cc1cc(Cl)cn2cc(CO)nc12. The second kappa shape index (κ2) is 3.01. The summed E-state index contributed by atoms with van der Waals surface area (Å²) in [6.07, 6.45) is 3.55. The third-order valence-electron chi connectivity index (χ3n) is 1.91. The number of aryl methyl sites for hydroxylation is 1. The molecule has 0 aliphatic heterocycles. The smallest absolute Gasteiger partial charge is 0.140 e. The highest BCUT2D eigenvalue weighted by molar-refractivity contribution is 6.30. The van der Waals surface area contributed by atoms with E-state index < -0.39 is 0 Å². The second-order valence-electron chi connectivity index (χ2n) is 2.96. The van der Waals surface area contributed by atoms with Crippen LogP contribution in [0.4, 0.5) is 0 Å². The minimum Gasteiger partial charge on any atom is -0.390 e. The molecule has 0 bridgehead atoms. The van der Waals surface area contributed by atoms with Crippen LogP contribution >= 0.6 is 11.6 Å². The van der Waals surface area contributed by atoms with E-state index in [9.17, 15) is 0 Å². The molecule has 0 unspecified atom stereocenters. The number of fused-ring (bicyclic) bond motifs is 1. The van der Waals surface area contributed by atoms with Crippen LogP contribution in [-0.2, 0) is 6.61 Å². The lowest BCUT2D eigenvalue weighted by atomic mass is 10.3. The van der Waals surface area contributed by atoms with E-state index in [1.807, 2.05) is 17.4 Å². The highest BCUT2D eigenvalue weighted by Gasteiger charge is 2.03. The minimum absolute atomic E-state index is 0.0429. The molecule has 2 rings (SSSR count). The molecule has 0 fully saturated rings. The van der Waals surface area contributed by atoms with Crippen molar-refractivity contribution in [2.45, 2.75) is 13.5 Å². The zero-order valence-corrected chi connectivity index (χ0v) is 7.91. The van der Waals surface area contributed by atoms with Gasteiger partial charge < -0.3 is 9.51 Å². The molecule has 1 N–H and O–H groups in total. The van der Waals surface area contributed by atoms with Crippen LogP contribution in [0.2, 0.25) is 5.02 Å². The molecule has 0 saturated heterocycles. The van der Waals surface area contributed by atoms with E-state index in [-0.39, 0.29) is 6.61 Å². The Morgan fingerprint density at radius 2 is 2.31 bits per heavy atom. The maximum atomic E-state index is 8.89. The van der Waals surface area contributed by atoms with Gasteiger partial charge >= 0.3 is 0 Å². The van der Waals surface area contributed by atoms with Crippen LogP contribution in [-0.4, -0.2) is 14.5 Å². The summed E-state index contributed by atoms with van der Waals surface area (Å²) < 4.78 is 1.82. The average Bonchev–Trinajstić information content (AvgIpc) is 2.47. The van der Waals surface area contributed by atoms with Crippen molar-refractivity contribution >= 4 is 17.2 Å². The number of imidazole rings is 1. The maximum Gasteiger partial charge on any atom is 0.140 e. The third kappa shape index (κ3) is 1.41. The Bertz CT molecular complexity index is 450. The molecule has 0 spiro atoms. The van der Waals surface area contributed by atoms with Gasteiger partial charge in [-0.25, -0.2) is 4.98 Å². The molecule has 0 atom stereocenters. The van der Waals surface area contributed by atoms with Crippen LogP contribution in [0.1, 0.15) is 11.3 Å². The number of aromatic nitrogens is 2. The number of aliphatic hydroxyl groups is 1. The molecule has 0 aliphatic rings. The third-order valence-corrected chi connectivity index (χ3v) is 2.12. The van der Waals surface area contributed by atoms with Gasteiger partial charge in [-0.05, 0) is 18.6 Å². The van der Waals surface area contributed by atoms with Gasteiger partial charge in [-0.3, -0.25) is 0 Å². The fraction of sp³-hybridized carbons (Fsp3) is 0.222. The Labute approximate surface area is 80.6 Å². The molecule has 4 heteroatoms. The summed E-state index contributed by atoms with van der Waals surface area (Å²) in [4.78, 5) is 4.23. The molecular formula is C9H9ClN2O. The van der Waals surface area contributed by atoms with Crippen molar-refractivity contribution in [3.63, 3.8) is 0 Å². The highest BCUT2D eigenvalue weighted by Crippen LogP contribution is 2.16. The molecule has 0 aliphatic carbocycles. The molecule has 2 aromatic heterocycles. The molecule has 2 heterocycles. The number of pyridine rings is 1. The summed E-state index contributed by atoms with van der Waals surface area (Å²) in [5, 5.41) is 9.56. The lowest BCUT2D eigenvalue weighted by molar-refractivity contribution is 0.277. The van der Waals surface area contributed by atoms with Crippen molar-refractivity contribution in [1.29, 1.82) is 0 Å². The first kappa shape index (κ1) is 8.53. The normalized spacial score (nSPS) is 11.0. The topological polar surface area (TPSA) is 37.5 Å². The van der Waals surface area contributed by atoms with Crippen molar-refractivity contribution in [2.75, 3.05) is 0 Å². The Balaban J connectivity index is 2.75. The van der Waals surface area contributed by atoms with Crippen molar-refractivity contribution in [3.8, 4) is 0 Å². The first-order valence-electron chi connectivity index (χ1n) is 3.95. The highest BCUT2D eigenvalue weighted by atomic mass is 35.5. The predicted molar refractivity (Wildman–Crippen MR) is 50.9 cm³/mol. The zero-order chi connectivity index (χ0) is 9.42. The van der Waals surface area contributed by atoms with Gasteiger partial charge in [0.25, 0.3) is 0 Å². The van der Waals surface area contributed by atoms with Crippen molar-refractivity contribution in [1.82, 2.24) is 9.38 Å². The summed E-state index contributed by atoms with van der Waals surface area (Å²) in [5.74, 6) is 0. The average molecular weight is 197 g/mol. The number of hydrogen-bond acceptors (Lipinski definition) is 2. The summed E-state index contributed by atoms with van der Waals surface area (Å²) in [5.41, 5.74) is 2.51. The van der Waals surface area contributed by atoms with E-state index >= 15 is 0 Å². The summed E-state index contributed by atoms with van der Waals surface area (Å²) in [7, 11) is 0. The Kier molecular flexibility index (Phi) is 1.98. The van der Waals surface area contributed by atoms with E-state index in [4.69, 9.17) is 16.7 Å². The van der Waals surface area contributed by atoms with Crippen molar-refractivity contribution in [2.24, 2.45) is 0 Å². The lowest BCUT2D eigenvalue weighted by Crippen LogP contribution is -1.86. The summed E-state index contributed by atoms with van der Waals surface area (Å²) in [6, 6.07) is 1.85. The molecule has 68 valence electrons. The van der Waals surface area contributed by atoms with Crippen LogP contribution in [0.3, 0.4) is 0 Å². The van der Waals surface area contributed by atoms with E-state index in [0.717, 1.165) is 11.2 Å². The van der Waals surface area contributed by atoms with Gasteiger partial charge in [0.15, 0.2) is 0 Å². The molecule has 0 amide bonds. The second-order valence-corrected chi connectivity index (χ2v) is 3.40. The van der Waals surface area contributed by atoms with Gasteiger partial charge in [-0.2, -0.15) is 0 Å². The van der Waals surface area contributed by atoms with Crippen LogP contribution in [0.25, 0.3) is 5.65 Å². The number of rotatable bonds is 1. The number of halogens is 1. The first-order valence-corrected chi connectivity index (χ1v) is 4.33. The van der Waals surface area contributed by atoms with Gasteiger partial charge in [0.05, 0.1) is 17.3 Å². The van der Waals surface area contributed by atoms with E-state index in [2.05, 4.69) is 4.98 Å². The fourth-order valence-corrected chi connectivity index (χ4v) is 1.62. The van der Waals surface area contributed by atoms with Gasteiger partial charge in [0.1, 0.15) is 5.65 Å². The number of aliphatic hydroxyl groups excluding tert-OH is 1. The lowest BCUT2D eigenvalue weighted by Gasteiger charge is -1.97. The van der Waals surface area contributed by atoms with Crippen molar-refractivity contribution in [3.05, 3.63) is 34.7 Å². The maximum absolute atomic E-state index is 8.89. The van der Waals surface area contributed by atoms with Gasteiger partial charge in [-0.15, -0.1) is 0 Å². The van der Waals surface area contributed by atoms with Gasteiger partial charge in [0, 0.05) is 12.4 Å². The van der Waals surface area contributed by atoms with E-state index in [1.165, 1.54) is 0 Å². The summed E-state index contributed by atoms with van der Waals surface area (Å²) >= 11 is 5.87. The van der Waals surface area contributed by atoms with Gasteiger partial charge in [0.2, 0.25) is 0 Å². The fourth-order valence-electron chi connectivity index (χ4n) is 1.35. The molecule has 13 heavy (non-hydrogen) atoms. The standard InChI is InChI=1S/C9H9ClN2O/c1-6-2-7(10)3-12-4-8(5-13)11-9(6)12/h2-4,13H,5H2,1H3. The van der Waals surface area contributed by atoms with Crippen LogP contribution in [0, 0.1) is 6.92 Å². The van der Waals surface area contributed by atoms with Gasteiger partial charge in [-0.1, -0.05) is 11.6 Å². The molecule has 3 nitrogen and oxygen atoms in total. The summed E-state index contributed by atoms with van der Waals surface area (Å²) in [6.45, 7) is 1.90. The van der Waals surface area contributed by atoms with Crippen LogP contribution in [0.5, 0.6) is 0 Å². The van der Waals surface area contributed by atoms with E-state index in [0.29, 0.717) is 10.7 Å². The van der Waals surface area contributed by atoms with Crippen molar-refractivity contribution < 1.29 is 5.11 Å². The largest absolute Gasteiger partial charge is 0.390 e. The predicted octanol–water partition coefficient (Wildman–Crippen LogP) is 1.79. The number of hydrogen-bond donors (Lipinski definition) is 1. The minimum atomic E-state index is -0.0429. The molecule has 0 saturated carbocycles. The number of nitrogens with zero attached hydrogens (tertiary/aromatic N) is 2. The Hall–Kier alpha value is -1.06. The van der Waals surface area contributed by atoms with Crippen LogP contribution < -0.4 is 0 Å². The Morgan fingerprint density at radius 3 is 3.00 bits per heavy atom. The molecule has 0 aromatic carbocycles. The zero-order valence-electron chi connectivity index (χ0n) is 7.16. The quantitative estimate of drug-likeness (QED) is 0.755. The molecule has 2 aromatic rings.